The Hall–Kier alpha value is -1.32. The van der Waals surface area contributed by atoms with Gasteiger partial charge >= 0.3 is 0 Å². The Morgan fingerprint density at radius 2 is 1.81 bits per heavy atom. The minimum atomic E-state index is 0.549. The standard InChI is InChI=1S/C17H28N4/c1-4-14(10-12-6-7-12)19-16-11(3)15(18-5-2)20-17(21-16)13-8-9-13/h12-14H,4-10H2,1-3H3,(H2,18,19,20,21). The van der Waals surface area contributed by atoms with E-state index in [1.807, 2.05) is 0 Å². The average Bonchev–Trinajstić information content (AvgIpc) is 3.36. The first-order chi connectivity index (χ1) is 10.2. The van der Waals surface area contributed by atoms with Crippen molar-refractivity contribution in [3.05, 3.63) is 11.4 Å². The Morgan fingerprint density at radius 1 is 1.10 bits per heavy atom. The number of hydrogen-bond donors (Lipinski definition) is 2. The summed E-state index contributed by atoms with van der Waals surface area (Å²) in [5.74, 6) is 4.63. The number of aromatic nitrogens is 2. The van der Waals surface area contributed by atoms with Gasteiger partial charge in [-0.05, 0) is 45.4 Å². The summed E-state index contributed by atoms with van der Waals surface area (Å²) in [5.41, 5.74) is 1.16. The molecule has 0 amide bonds. The first-order valence-corrected chi connectivity index (χ1v) is 8.60. The Balaban J connectivity index is 1.80. The number of nitrogens with zero attached hydrogens (tertiary/aromatic N) is 2. The van der Waals surface area contributed by atoms with Gasteiger partial charge < -0.3 is 10.6 Å². The van der Waals surface area contributed by atoms with Gasteiger partial charge in [0, 0.05) is 24.1 Å². The highest BCUT2D eigenvalue weighted by atomic mass is 15.1. The van der Waals surface area contributed by atoms with E-state index in [0.29, 0.717) is 12.0 Å². The zero-order valence-electron chi connectivity index (χ0n) is 13.6. The molecule has 0 spiro atoms. The molecule has 2 N–H and O–H groups in total. The molecule has 0 aromatic carbocycles. The summed E-state index contributed by atoms with van der Waals surface area (Å²) in [6.45, 7) is 7.42. The van der Waals surface area contributed by atoms with E-state index >= 15 is 0 Å². The normalized spacial score (nSPS) is 19.4. The molecule has 2 fully saturated rings. The minimum absolute atomic E-state index is 0.549. The number of anilines is 2. The van der Waals surface area contributed by atoms with Crippen LogP contribution in [0.3, 0.4) is 0 Å². The summed E-state index contributed by atoms with van der Waals surface area (Å²) >= 11 is 0. The fourth-order valence-corrected chi connectivity index (χ4v) is 2.82. The lowest BCUT2D eigenvalue weighted by atomic mass is 10.1. The molecule has 4 heteroatoms. The van der Waals surface area contributed by atoms with Gasteiger partial charge in [-0.15, -0.1) is 0 Å². The van der Waals surface area contributed by atoms with Crippen LogP contribution in [0.2, 0.25) is 0 Å². The molecule has 2 aliphatic rings. The smallest absolute Gasteiger partial charge is 0.136 e. The van der Waals surface area contributed by atoms with Crippen LogP contribution in [0.15, 0.2) is 0 Å². The molecule has 0 radical (unpaired) electrons. The lowest BCUT2D eigenvalue weighted by Crippen LogP contribution is -2.22. The molecule has 0 bridgehead atoms. The monoisotopic (exact) mass is 288 g/mol. The first kappa shape index (κ1) is 14.6. The second-order valence-electron chi connectivity index (χ2n) is 6.64. The van der Waals surface area contributed by atoms with Crippen LogP contribution in [0.5, 0.6) is 0 Å². The molecule has 4 nitrogen and oxygen atoms in total. The molecular weight excluding hydrogens is 260 g/mol. The van der Waals surface area contributed by atoms with Crippen LogP contribution in [-0.2, 0) is 0 Å². The molecular formula is C17H28N4. The highest BCUT2D eigenvalue weighted by molar-refractivity contribution is 5.58. The van der Waals surface area contributed by atoms with Gasteiger partial charge in [0.25, 0.3) is 0 Å². The zero-order valence-corrected chi connectivity index (χ0v) is 13.6. The topological polar surface area (TPSA) is 49.8 Å². The predicted octanol–water partition coefficient (Wildman–Crippen LogP) is 4.08. The molecule has 1 aromatic rings. The number of hydrogen-bond acceptors (Lipinski definition) is 4. The molecule has 0 aliphatic heterocycles. The van der Waals surface area contributed by atoms with Gasteiger partial charge in [0.1, 0.15) is 17.5 Å². The fraction of sp³-hybridized carbons (Fsp3) is 0.765. The Labute approximate surface area is 128 Å². The quantitative estimate of drug-likeness (QED) is 0.756. The summed E-state index contributed by atoms with van der Waals surface area (Å²) < 4.78 is 0. The average molecular weight is 288 g/mol. The SMILES string of the molecule is CCNc1nc(C2CC2)nc(NC(CC)CC2CC2)c1C. The van der Waals surface area contributed by atoms with E-state index in [1.54, 1.807) is 0 Å². The maximum atomic E-state index is 4.83. The number of nitrogens with one attached hydrogen (secondary N) is 2. The summed E-state index contributed by atoms with van der Waals surface area (Å²) in [6.07, 6.45) is 7.76. The Morgan fingerprint density at radius 3 is 2.38 bits per heavy atom. The van der Waals surface area contributed by atoms with Gasteiger partial charge in [0.05, 0.1) is 0 Å². The molecule has 2 aliphatic carbocycles. The molecule has 1 aromatic heterocycles. The van der Waals surface area contributed by atoms with E-state index in [1.165, 1.54) is 32.1 Å². The summed E-state index contributed by atoms with van der Waals surface area (Å²) in [6, 6.07) is 0.549. The van der Waals surface area contributed by atoms with Crippen LogP contribution < -0.4 is 10.6 Å². The van der Waals surface area contributed by atoms with Gasteiger partial charge in [-0.3, -0.25) is 0 Å². The van der Waals surface area contributed by atoms with Crippen LogP contribution in [0.4, 0.5) is 11.6 Å². The summed E-state index contributed by atoms with van der Waals surface area (Å²) in [7, 11) is 0. The lowest BCUT2D eigenvalue weighted by Gasteiger charge is -2.20. The summed E-state index contributed by atoms with van der Waals surface area (Å²) in [4.78, 5) is 9.56. The molecule has 3 rings (SSSR count). The maximum absolute atomic E-state index is 4.83. The van der Waals surface area contributed by atoms with Crippen molar-refractivity contribution < 1.29 is 0 Å². The van der Waals surface area contributed by atoms with Crippen molar-refractivity contribution in [3.63, 3.8) is 0 Å². The highest BCUT2D eigenvalue weighted by Crippen LogP contribution is 2.40. The summed E-state index contributed by atoms with van der Waals surface area (Å²) in [5, 5.41) is 7.09. The molecule has 116 valence electrons. The van der Waals surface area contributed by atoms with Crippen LogP contribution >= 0.6 is 0 Å². The number of rotatable bonds is 8. The van der Waals surface area contributed by atoms with Gasteiger partial charge in [0.15, 0.2) is 0 Å². The van der Waals surface area contributed by atoms with E-state index in [4.69, 9.17) is 9.97 Å². The van der Waals surface area contributed by atoms with Crippen molar-refractivity contribution in [2.75, 3.05) is 17.2 Å². The predicted molar refractivity (Wildman–Crippen MR) is 88.0 cm³/mol. The molecule has 1 heterocycles. The molecule has 0 saturated heterocycles. The Kier molecular flexibility index (Phi) is 4.32. The van der Waals surface area contributed by atoms with E-state index < -0.39 is 0 Å². The van der Waals surface area contributed by atoms with Crippen LogP contribution in [0.25, 0.3) is 0 Å². The fourth-order valence-electron chi connectivity index (χ4n) is 2.82. The Bertz CT molecular complexity index is 492. The second-order valence-corrected chi connectivity index (χ2v) is 6.64. The van der Waals surface area contributed by atoms with E-state index in [-0.39, 0.29) is 0 Å². The maximum Gasteiger partial charge on any atom is 0.136 e. The van der Waals surface area contributed by atoms with Crippen molar-refractivity contribution >= 4 is 11.6 Å². The third kappa shape index (κ3) is 3.66. The van der Waals surface area contributed by atoms with E-state index in [0.717, 1.165) is 41.9 Å². The van der Waals surface area contributed by atoms with Gasteiger partial charge in [-0.2, -0.15) is 0 Å². The van der Waals surface area contributed by atoms with Crippen molar-refractivity contribution in [1.29, 1.82) is 0 Å². The van der Waals surface area contributed by atoms with E-state index in [2.05, 4.69) is 31.4 Å². The van der Waals surface area contributed by atoms with Crippen molar-refractivity contribution in [2.45, 2.75) is 71.3 Å². The van der Waals surface area contributed by atoms with Crippen LogP contribution in [-0.4, -0.2) is 22.6 Å². The van der Waals surface area contributed by atoms with Crippen LogP contribution in [0, 0.1) is 12.8 Å². The zero-order chi connectivity index (χ0) is 14.8. The van der Waals surface area contributed by atoms with Crippen LogP contribution in [0.1, 0.15) is 69.7 Å². The molecule has 2 saturated carbocycles. The van der Waals surface area contributed by atoms with Crippen molar-refractivity contribution in [3.8, 4) is 0 Å². The van der Waals surface area contributed by atoms with Gasteiger partial charge in [0.2, 0.25) is 0 Å². The van der Waals surface area contributed by atoms with Crippen molar-refractivity contribution in [2.24, 2.45) is 5.92 Å². The van der Waals surface area contributed by atoms with Gasteiger partial charge in [-0.25, -0.2) is 9.97 Å². The van der Waals surface area contributed by atoms with Gasteiger partial charge in [-0.1, -0.05) is 19.8 Å². The third-order valence-corrected chi connectivity index (χ3v) is 4.60. The largest absolute Gasteiger partial charge is 0.370 e. The lowest BCUT2D eigenvalue weighted by molar-refractivity contribution is 0.584. The minimum Gasteiger partial charge on any atom is -0.370 e. The van der Waals surface area contributed by atoms with E-state index in [9.17, 15) is 0 Å². The molecule has 1 unspecified atom stereocenters. The first-order valence-electron chi connectivity index (χ1n) is 8.60. The highest BCUT2D eigenvalue weighted by Gasteiger charge is 2.29. The third-order valence-electron chi connectivity index (χ3n) is 4.60. The molecule has 1 atom stereocenters. The second kappa shape index (κ2) is 6.20. The van der Waals surface area contributed by atoms with Crippen molar-refractivity contribution in [1.82, 2.24) is 9.97 Å². The molecule has 21 heavy (non-hydrogen) atoms.